The number of carbonyl (C=O) groups excluding carboxylic acids is 3. The van der Waals surface area contributed by atoms with Gasteiger partial charge >= 0.3 is 4.87 Å². The number of hydrogen-bond acceptors (Lipinski definition) is 7. The summed E-state index contributed by atoms with van der Waals surface area (Å²) in [6.45, 7) is 1.56. The third kappa shape index (κ3) is 3.37. The van der Waals surface area contributed by atoms with Crippen LogP contribution in [0.15, 0.2) is 58.6 Å². The van der Waals surface area contributed by atoms with Gasteiger partial charge in [0, 0.05) is 34.1 Å². The van der Waals surface area contributed by atoms with Crippen molar-refractivity contribution in [2.24, 2.45) is 29.6 Å². The monoisotopic (exact) mass is 550 g/mol. The minimum atomic E-state index is -0.994. The van der Waals surface area contributed by atoms with Gasteiger partial charge in [-0.15, -0.1) is 11.8 Å². The number of thioether (sulfide) groups is 1. The average molecular weight is 551 g/mol. The van der Waals surface area contributed by atoms with E-state index in [0.717, 1.165) is 26.8 Å². The highest BCUT2D eigenvalue weighted by Crippen LogP contribution is 2.68. The lowest BCUT2D eigenvalue weighted by Crippen LogP contribution is -2.46. The Kier molecular flexibility index (Phi) is 5.38. The van der Waals surface area contributed by atoms with Crippen LogP contribution >= 0.6 is 23.1 Å². The minimum absolute atomic E-state index is 0.0236. The van der Waals surface area contributed by atoms with Crippen LogP contribution in [0.4, 0.5) is 10.1 Å². The van der Waals surface area contributed by atoms with Crippen LogP contribution in [0, 0.1) is 35.4 Å². The molecule has 11 heteroatoms. The number of thiazole rings is 1. The molecule has 8 unspecified atom stereocenters. The van der Waals surface area contributed by atoms with E-state index in [0.29, 0.717) is 5.69 Å². The lowest BCUT2D eigenvalue weighted by molar-refractivity contribution is -0.146. The van der Waals surface area contributed by atoms with E-state index in [1.54, 1.807) is 24.9 Å². The second-order valence-electron chi connectivity index (χ2n) is 10.5. The molecule has 2 N–H and O–H groups in total. The highest BCUT2D eigenvalue weighted by atomic mass is 32.2. The molecule has 1 aromatic carbocycles. The van der Waals surface area contributed by atoms with Crippen LogP contribution in [0.3, 0.4) is 0 Å². The number of nitrogens with one attached hydrogen (secondary N) is 2. The zero-order chi connectivity index (χ0) is 26.3. The van der Waals surface area contributed by atoms with E-state index in [2.05, 4.69) is 15.3 Å². The lowest BCUT2D eigenvalue weighted by Gasteiger charge is -2.42. The zero-order valence-corrected chi connectivity index (χ0v) is 21.8. The van der Waals surface area contributed by atoms with Gasteiger partial charge in [-0.05, 0) is 67.0 Å². The van der Waals surface area contributed by atoms with Crippen LogP contribution in [0.1, 0.15) is 29.7 Å². The smallest absolute Gasteiger partial charge is 0.305 e. The van der Waals surface area contributed by atoms with Crippen molar-refractivity contribution in [3.8, 4) is 0 Å². The molecule has 2 aromatic heterocycles. The van der Waals surface area contributed by atoms with Crippen LogP contribution in [-0.4, -0.2) is 43.9 Å². The standard InChI is InChI=1S/C27H23FN4O4S2/c1-11(23(33)30-14-6-4-13(28)5-7-14)32-25(34)19-15-9-16(20(19)26(32)35)21-18(15)17(12-3-2-8-29-10-12)22-24(37-21)31-27(36)38-22/h2-8,10-11,15-21H,9H2,1H3,(H,30,33)(H,31,36). The van der Waals surface area contributed by atoms with Crippen LogP contribution in [0.2, 0.25) is 0 Å². The average Bonchev–Trinajstić information content (AvgIpc) is 3.64. The number of aromatic amines is 1. The van der Waals surface area contributed by atoms with Crippen molar-refractivity contribution >= 4 is 46.5 Å². The number of amides is 3. The van der Waals surface area contributed by atoms with E-state index in [9.17, 15) is 23.6 Å². The number of aromatic nitrogens is 2. The van der Waals surface area contributed by atoms with Gasteiger partial charge in [-0.2, -0.15) is 0 Å². The first-order valence-electron chi connectivity index (χ1n) is 12.6. The molecule has 7 rings (SSSR count). The summed E-state index contributed by atoms with van der Waals surface area (Å²) in [7, 11) is 0. The van der Waals surface area contributed by atoms with Gasteiger partial charge in [-0.3, -0.25) is 29.1 Å². The summed E-state index contributed by atoms with van der Waals surface area (Å²) in [5, 5.41) is 3.61. The number of halogens is 1. The molecule has 2 aliphatic carbocycles. The fourth-order valence-electron chi connectivity index (χ4n) is 7.25. The summed E-state index contributed by atoms with van der Waals surface area (Å²) in [5.41, 5.74) is 1.40. The van der Waals surface area contributed by atoms with Gasteiger partial charge in [0.1, 0.15) is 11.9 Å². The predicted molar refractivity (Wildman–Crippen MR) is 139 cm³/mol. The first kappa shape index (κ1) is 23.8. The largest absolute Gasteiger partial charge is 0.324 e. The van der Waals surface area contributed by atoms with Gasteiger partial charge in [0.2, 0.25) is 17.7 Å². The number of hydrogen-bond donors (Lipinski definition) is 2. The molecule has 1 saturated heterocycles. The van der Waals surface area contributed by atoms with Crippen molar-refractivity contribution in [1.29, 1.82) is 0 Å². The first-order valence-corrected chi connectivity index (χ1v) is 14.3. The van der Waals surface area contributed by atoms with Gasteiger partial charge in [0.15, 0.2) is 0 Å². The Hall–Kier alpha value is -3.31. The summed E-state index contributed by atoms with van der Waals surface area (Å²) in [5.74, 6) is -2.52. The summed E-state index contributed by atoms with van der Waals surface area (Å²) in [6.07, 6.45) is 4.31. The van der Waals surface area contributed by atoms with Crippen molar-refractivity contribution in [3.05, 3.63) is 74.7 Å². The topological polar surface area (TPSA) is 112 Å². The predicted octanol–water partition coefficient (Wildman–Crippen LogP) is 3.47. The molecule has 3 fully saturated rings. The van der Waals surface area contributed by atoms with E-state index in [4.69, 9.17) is 0 Å². The first-order chi connectivity index (χ1) is 18.3. The minimum Gasteiger partial charge on any atom is -0.324 e. The molecule has 2 aliphatic heterocycles. The number of rotatable bonds is 4. The number of benzene rings is 1. The van der Waals surface area contributed by atoms with Crippen LogP contribution in [-0.2, 0) is 14.4 Å². The van der Waals surface area contributed by atoms with Crippen molar-refractivity contribution in [1.82, 2.24) is 14.9 Å². The molecule has 8 nitrogen and oxygen atoms in total. The SMILES string of the molecule is CC(C(=O)Nc1ccc(F)cc1)N1C(=O)C2C3CC(C2C1=O)C1C(c2cccnc2)c2sc(=O)[nH]c2SC31. The van der Waals surface area contributed by atoms with Gasteiger partial charge in [-0.1, -0.05) is 17.4 Å². The van der Waals surface area contributed by atoms with Crippen molar-refractivity contribution in [2.75, 3.05) is 5.32 Å². The number of carbonyl (C=O) groups is 3. The fraction of sp³-hybridized carbons (Fsp3) is 0.370. The van der Waals surface area contributed by atoms with E-state index >= 15 is 0 Å². The molecule has 194 valence electrons. The van der Waals surface area contributed by atoms with Crippen LogP contribution in [0.25, 0.3) is 0 Å². The Morgan fingerprint density at radius 2 is 1.87 bits per heavy atom. The van der Waals surface area contributed by atoms with E-state index in [-0.39, 0.29) is 45.6 Å². The molecule has 4 aliphatic rings. The quantitative estimate of drug-likeness (QED) is 0.481. The molecular formula is C27H23FN4O4S2. The van der Waals surface area contributed by atoms with Gasteiger partial charge in [0.05, 0.1) is 16.9 Å². The molecule has 4 heterocycles. The third-order valence-corrected chi connectivity index (χ3v) is 11.3. The van der Waals surface area contributed by atoms with Gasteiger partial charge in [-0.25, -0.2) is 4.39 Å². The summed E-state index contributed by atoms with van der Waals surface area (Å²) in [4.78, 5) is 62.2. The Morgan fingerprint density at radius 1 is 1.13 bits per heavy atom. The third-order valence-electron chi connectivity index (χ3n) is 8.68. The van der Waals surface area contributed by atoms with Crippen molar-refractivity contribution < 1.29 is 18.8 Å². The Labute approximate surface area is 225 Å². The van der Waals surface area contributed by atoms with E-state index in [1.165, 1.54) is 35.6 Å². The van der Waals surface area contributed by atoms with Gasteiger partial charge in [0.25, 0.3) is 0 Å². The summed E-state index contributed by atoms with van der Waals surface area (Å²) < 4.78 is 13.3. The second kappa shape index (κ2) is 8.60. The van der Waals surface area contributed by atoms with Crippen molar-refractivity contribution in [3.63, 3.8) is 0 Å². The maximum atomic E-state index is 13.8. The molecular weight excluding hydrogens is 527 g/mol. The van der Waals surface area contributed by atoms with Crippen LogP contribution in [0.5, 0.6) is 0 Å². The number of imide groups is 1. The number of nitrogens with zero attached hydrogens (tertiary/aromatic N) is 2. The maximum absolute atomic E-state index is 13.8. The Balaban J connectivity index is 1.20. The molecule has 3 aromatic rings. The summed E-state index contributed by atoms with van der Waals surface area (Å²) in [6, 6.07) is 8.24. The van der Waals surface area contributed by atoms with Crippen molar-refractivity contribution in [2.45, 2.75) is 35.6 Å². The molecule has 8 atom stereocenters. The number of likely N-dealkylation sites (tertiary alicyclic amines) is 1. The molecule has 38 heavy (non-hydrogen) atoms. The molecule has 0 spiro atoms. The lowest BCUT2D eigenvalue weighted by atomic mass is 9.68. The number of pyridine rings is 1. The number of anilines is 1. The zero-order valence-electron chi connectivity index (χ0n) is 20.2. The highest BCUT2D eigenvalue weighted by Gasteiger charge is 2.70. The normalized spacial score (nSPS) is 31.6. The molecule has 2 saturated carbocycles. The Morgan fingerprint density at radius 3 is 2.58 bits per heavy atom. The molecule has 0 radical (unpaired) electrons. The van der Waals surface area contributed by atoms with Gasteiger partial charge < -0.3 is 10.3 Å². The molecule has 2 bridgehead atoms. The fourth-order valence-corrected chi connectivity index (χ4v) is 10.1. The Bertz CT molecular complexity index is 1520. The van der Waals surface area contributed by atoms with E-state index in [1.807, 2.05) is 18.3 Å². The molecule has 3 amide bonds. The number of fused-ring (bicyclic) bond motifs is 9. The summed E-state index contributed by atoms with van der Waals surface area (Å²) >= 11 is 2.83. The van der Waals surface area contributed by atoms with E-state index < -0.39 is 29.6 Å². The second-order valence-corrected chi connectivity index (χ2v) is 12.7. The van der Waals surface area contributed by atoms with Crippen LogP contribution < -0.4 is 10.2 Å². The maximum Gasteiger partial charge on any atom is 0.305 e. The number of H-pyrrole nitrogens is 1. The highest BCUT2D eigenvalue weighted by molar-refractivity contribution is 8.00.